The number of nitrogens with two attached hydrogens (primary N) is 1. The number of carbonyl (C=O) groups is 2. The highest BCUT2D eigenvalue weighted by atomic mass is 32.2. The fourth-order valence-electron chi connectivity index (χ4n) is 7.05. The van der Waals surface area contributed by atoms with Crippen LogP contribution in [0.4, 0.5) is 0 Å². The SMILES string of the molecule is Cn1cc(S(=O)(=O)N2CCC(C(=O)NC34CC5CC(CC(C5)C3)C4)CC2)cc1C(N)=O. The van der Waals surface area contributed by atoms with Crippen LogP contribution in [0.1, 0.15) is 61.9 Å². The normalized spacial score (nSPS) is 33.5. The van der Waals surface area contributed by atoms with Crippen molar-refractivity contribution in [3.63, 3.8) is 0 Å². The minimum Gasteiger partial charge on any atom is -0.364 e. The van der Waals surface area contributed by atoms with Crippen molar-refractivity contribution in [2.24, 2.45) is 36.5 Å². The molecule has 1 saturated heterocycles. The van der Waals surface area contributed by atoms with Crippen molar-refractivity contribution in [2.45, 2.75) is 61.8 Å². The number of piperidine rings is 1. The zero-order chi connectivity index (χ0) is 22.0. The van der Waals surface area contributed by atoms with E-state index in [0.29, 0.717) is 25.9 Å². The predicted octanol–water partition coefficient (Wildman–Crippen LogP) is 1.61. The first kappa shape index (κ1) is 21.0. The molecular weight excluding hydrogens is 416 g/mol. The summed E-state index contributed by atoms with van der Waals surface area (Å²) in [5.41, 5.74) is 5.46. The first-order chi connectivity index (χ1) is 14.6. The molecule has 9 heteroatoms. The minimum absolute atomic E-state index is 0.00968. The molecular formula is C22H32N4O4S. The van der Waals surface area contributed by atoms with Crippen molar-refractivity contribution >= 4 is 21.8 Å². The number of rotatable bonds is 5. The Bertz CT molecular complexity index is 971. The van der Waals surface area contributed by atoms with Crippen LogP contribution in [0.5, 0.6) is 0 Å². The van der Waals surface area contributed by atoms with Crippen molar-refractivity contribution in [1.82, 2.24) is 14.2 Å². The van der Waals surface area contributed by atoms with Gasteiger partial charge in [0.2, 0.25) is 15.9 Å². The maximum absolute atomic E-state index is 13.1. The van der Waals surface area contributed by atoms with Crippen molar-refractivity contribution < 1.29 is 18.0 Å². The van der Waals surface area contributed by atoms with Crippen LogP contribution in [0.15, 0.2) is 17.2 Å². The number of hydrogen-bond acceptors (Lipinski definition) is 4. The number of nitrogens with one attached hydrogen (secondary N) is 1. The molecule has 31 heavy (non-hydrogen) atoms. The first-order valence-corrected chi connectivity index (χ1v) is 12.9. The Morgan fingerprint density at radius 2 is 1.61 bits per heavy atom. The quantitative estimate of drug-likeness (QED) is 0.712. The summed E-state index contributed by atoms with van der Waals surface area (Å²) in [5.74, 6) is 1.62. The molecule has 6 rings (SSSR count). The van der Waals surface area contributed by atoms with E-state index < -0.39 is 15.9 Å². The lowest BCUT2D eigenvalue weighted by atomic mass is 9.53. The van der Waals surface area contributed by atoms with Gasteiger partial charge in [0.15, 0.2) is 0 Å². The van der Waals surface area contributed by atoms with Crippen LogP contribution in [-0.4, -0.2) is 47.7 Å². The molecule has 0 atom stereocenters. The van der Waals surface area contributed by atoms with Gasteiger partial charge in [-0.25, -0.2) is 8.42 Å². The van der Waals surface area contributed by atoms with Crippen molar-refractivity contribution in [1.29, 1.82) is 0 Å². The summed E-state index contributed by atoms with van der Waals surface area (Å²) < 4.78 is 28.9. The van der Waals surface area contributed by atoms with Crippen LogP contribution >= 0.6 is 0 Å². The number of primary amides is 1. The first-order valence-electron chi connectivity index (χ1n) is 11.4. The Morgan fingerprint density at radius 3 is 2.10 bits per heavy atom. The molecule has 1 aliphatic heterocycles. The molecule has 1 aromatic heterocycles. The van der Waals surface area contributed by atoms with Gasteiger partial charge in [-0.1, -0.05) is 0 Å². The second kappa shape index (κ2) is 7.33. The van der Waals surface area contributed by atoms with Crippen molar-refractivity contribution in [3.8, 4) is 0 Å². The summed E-state index contributed by atoms with van der Waals surface area (Å²) in [6.45, 7) is 0.615. The zero-order valence-corrected chi connectivity index (χ0v) is 18.9. The number of aryl methyl sites for hydroxylation is 1. The molecule has 5 aliphatic rings. The molecule has 0 aromatic carbocycles. The molecule has 1 aromatic rings. The lowest BCUT2D eigenvalue weighted by Crippen LogP contribution is -2.61. The second-order valence-corrected chi connectivity index (χ2v) is 12.3. The molecule has 0 radical (unpaired) electrons. The Labute approximate surface area is 183 Å². The van der Waals surface area contributed by atoms with E-state index in [0.717, 1.165) is 37.0 Å². The standard InChI is InChI=1S/C22H32N4O4S/c1-25-13-18(9-19(25)20(23)27)31(29,30)26-4-2-17(3-5-26)21(28)24-22-10-14-6-15(11-22)8-16(7-14)12-22/h9,13-17H,2-8,10-12H2,1H3,(H2,23,27)(H,24,28). The second-order valence-electron chi connectivity index (χ2n) is 10.4. The van der Waals surface area contributed by atoms with E-state index in [2.05, 4.69) is 5.32 Å². The van der Waals surface area contributed by atoms with E-state index in [1.54, 1.807) is 7.05 Å². The van der Waals surface area contributed by atoms with E-state index in [9.17, 15) is 18.0 Å². The number of sulfonamides is 1. The lowest BCUT2D eigenvalue weighted by Gasteiger charge is -2.57. The van der Waals surface area contributed by atoms with Gasteiger partial charge in [0, 0.05) is 37.8 Å². The van der Waals surface area contributed by atoms with Gasteiger partial charge in [-0.15, -0.1) is 0 Å². The minimum atomic E-state index is -3.72. The third kappa shape index (κ3) is 3.69. The topological polar surface area (TPSA) is 114 Å². The summed E-state index contributed by atoms with van der Waals surface area (Å²) in [4.78, 5) is 24.6. The molecule has 8 nitrogen and oxygen atoms in total. The molecule has 2 amide bonds. The molecule has 0 unspecified atom stereocenters. The molecule has 4 aliphatic carbocycles. The average molecular weight is 449 g/mol. The zero-order valence-electron chi connectivity index (χ0n) is 18.0. The largest absolute Gasteiger partial charge is 0.364 e. The average Bonchev–Trinajstić information content (AvgIpc) is 3.09. The van der Waals surface area contributed by atoms with Crippen LogP contribution in [0, 0.1) is 23.7 Å². The van der Waals surface area contributed by atoms with Crippen molar-refractivity contribution in [2.75, 3.05) is 13.1 Å². The van der Waals surface area contributed by atoms with Gasteiger partial charge < -0.3 is 15.6 Å². The Morgan fingerprint density at radius 1 is 1.06 bits per heavy atom. The third-order valence-corrected chi connectivity index (χ3v) is 9.99. The van der Waals surface area contributed by atoms with E-state index >= 15 is 0 Å². The maximum atomic E-state index is 13.1. The van der Waals surface area contributed by atoms with E-state index in [4.69, 9.17) is 5.73 Å². The van der Waals surface area contributed by atoms with Crippen molar-refractivity contribution in [3.05, 3.63) is 18.0 Å². The molecule has 4 saturated carbocycles. The molecule has 0 spiro atoms. The van der Waals surface area contributed by atoms with Crippen LogP contribution in [-0.2, 0) is 21.9 Å². The Balaban J connectivity index is 1.22. The van der Waals surface area contributed by atoms with Gasteiger partial charge in [0.1, 0.15) is 10.6 Å². The molecule has 4 bridgehead atoms. The number of aromatic nitrogens is 1. The number of carbonyl (C=O) groups excluding carboxylic acids is 2. The van der Waals surface area contributed by atoms with Crippen LogP contribution < -0.4 is 11.1 Å². The van der Waals surface area contributed by atoms with Gasteiger partial charge in [-0.05, 0) is 75.2 Å². The summed E-state index contributed by atoms with van der Waals surface area (Å²) in [7, 11) is -2.12. The summed E-state index contributed by atoms with van der Waals surface area (Å²) in [6.07, 6.45) is 9.82. The Kier molecular flexibility index (Phi) is 4.97. The molecule has 5 fully saturated rings. The summed E-state index contributed by atoms with van der Waals surface area (Å²) >= 11 is 0. The fourth-order valence-corrected chi connectivity index (χ4v) is 8.60. The highest BCUT2D eigenvalue weighted by molar-refractivity contribution is 7.89. The predicted molar refractivity (Wildman–Crippen MR) is 114 cm³/mol. The molecule has 170 valence electrons. The number of amides is 2. The Hall–Kier alpha value is -1.87. The number of hydrogen-bond donors (Lipinski definition) is 2. The fraction of sp³-hybridized carbons (Fsp3) is 0.727. The van der Waals surface area contributed by atoms with E-state index in [-0.39, 0.29) is 28.0 Å². The number of nitrogens with zero attached hydrogens (tertiary/aromatic N) is 2. The third-order valence-electron chi connectivity index (χ3n) is 8.12. The highest BCUT2D eigenvalue weighted by Crippen LogP contribution is 2.55. The van der Waals surface area contributed by atoms with E-state index in [1.165, 1.54) is 40.4 Å². The van der Waals surface area contributed by atoms with Crippen LogP contribution in [0.2, 0.25) is 0 Å². The molecule has 3 N–H and O–H groups in total. The van der Waals surface area contributed by atoms with Gasteiger partial charge in [0.05, 0.1) is 0 Å². The lowest BCUT2D eigenvalue weighted by molar-refractivity contribution is -0.132. The van der Waals surface area contributed by atoms with Crippen LogP contribution in [0.3, 0.4) is 0 Å². The smallest absolute Gasteiger partial charge is 0.265 e. The van der Waals surface area contributed by atoms with Gasteiger partial charge in [0.25, 0.3) is 5.91 Å². The monoisotopic (exact) mass is 448 g/mol. The maximum Gasteiger partial charge on any atom is 0.265 e. The van der Waals surface area contributed by atoms with Gasteiger partial charge in [-0.2, -0.15) is 4.31 Å². The van der Waals surface area contributed by atoms with E-state index in [1.807, 2.05) is 0 Å². The molecule has 2 heterocycles. The van der Waals surface area contributed by atoms with Crippen LogP contribution in [0.25, 0.3) is 0 Å². The summed E-state index contributed by atoms with van der Waals surface area (Å²) in [5, 5.41) is 3.44. The highest BCUT2D eigenvalue weighted by Gasteiger charge is 2.52. The van der Waals surface area contributed by atoms with Gasteiger partial charge >= 0.3 is 0 Å². The summed E-state index contributed by atoms with van der Waals surface area (Å²) in [6, 6.07) is 1.32. The van der Waals surface area contributed by atoms with Gasteiger partial charge in [-0.3, -0.25) is 9.59 Å².